The number of methoxy groups -OCH3 is 1. The number of halogens is 2. The first-order valence-electron chi connectivity index (χ1n) is 12.6. The van der Waals surface area contributed by atoms with E-state index in [2.05, 4.69) is 0 Å². The van der Waals surface area contributed by atoms with Gasteiger partial charge < -0.3 is 9.47 Å². The van der Waals surface area contributed by atoms with E-state index in [0.717, 1.165) is 5.56 Å². The van der Waals surface area contributed by atoms with E-state index in [4.69, 9.17) is 21.1 Å². The number of ether oxygens (including phenoxy) is 2. The Hall–Kier alpha value is -3.36. The molecule has 3 aromatic carbocycles. The Morgan fingerprint density at radius 1 is 1.18 bits per heavy atom. The molecule has 1 aliphatic heterocycles. The van der Waals surface area contributed by atoms with E-state index in [1.807, 2.05) is 19.9 Å². The molecular formula is C30H31ClFNO5S. The van der Waals surface area contributed by atoms with Crippen LogP contribution in [-0.4, -0.2) is 34.1 Å². The average Bonchev–Trinajstić information content (AvgIpc) is 2.91. The van der Waals surface area contributed by atoms with Gasteiger partial charge in [-0.05, 0) is 72.4 Å². The number of esters is 1. The number of sulfonamides is 1. The Morgan fingerprint density at radius 2 is 1.92 bits per heavy atom. The maximum atomic E-state index is 14.5. The number of carbonyl (C=O) groups excluding carboxylic acids is 1. The van der Waals surface area contributed by atoms with Gasteiger partial charge in [-0.2, -0.15) is 0 Å². The lowest BCUT2D eigenvalue weighted by molar-refractivity contribution is -0.141. The molecule has 3 aromatic rings. The number of hydrogen-bond donors (Lipinski definition) is 0. The summed E-state index contributed by atoms with van der Waals surface area (Å²) in [5.41, 5.74) is 2.79. The molecule has 0 radical (unpaired) electrons. The number of fused-ring (bicyclic) bond motifs is 1. The molecule has 6 nitrogen and oxygen atoms in total. The lowest BCUT2D eigenvalue weighted by Gasteiger charge is -2.35. The standard InChI is InChI=1S/C30H31ClFNO5S/c1-19(2)22-7-5-8-24(17-22)39(35,36)33-18-23(12-14-29(34)37-4)38-28-13-11-21(16-27(28)33)15-20(3)30-25(31)9-6-10-26(30)32/h5-11,13,15-17,19,23H,12,14,18H2,1-4H3. The van der Waals surface area contributed by atoms with Crippen LogP contribution in [0.2, 0.25) is 5.02 Å². The van der Waals surface area contributed by atoms with Crippen molar-refractivity contribution in [3.63, 3.8) is 0 Å². The summed E-state index contributed by atoms with van der Waals surface area (Å²) in [6.45, 7) is 5.77. The molecule has 206 valence electrons. The number of rotatable bonds is 8. The minimum atomic E-state index is -3.98. The third-order valence-electron chi connectivity index (χ3n) is 6.67. The monoisotopic (exact) mass is 571 g/mol. The second-order valence-corrected chi connectivity index (χ2v) is 12.0. The van der Waals surface area contributed by atoms with Crippen LogP contribution in [0.15, 0.2) is 65.6 Å². The fourth-order valence-corrected chi connectivity index (χ4v) is 6.40. The molecule has 9 heteroatoms. The number of hydrogen-bond acceptors (Lipinski definition) is 5. The highest BCUT2D eigenvalue weighted by atomic mass is 35.5. The van der Waals surface area contributed by atoms with Crippen LogP contribution in [0.25, 0.3) is 11.6 Å². The minimum Gasteiger partial charge on any atom is -0.486 e. The maximum absolute atomic E-state index is 14.5. The number of nitrogens with zero attached hydrogens (tertiary/aromatic N) is 1. The van der Waals surface area contributed by atoms with Crippen LogP contribution in [0.1, 0.15) is 56.2 Å². The summed E-state index contributed by atoms with van der Waals surface area (Å²) in [5.74, 6) is -0.320. The van der Waals surface area contributed by atoms with Gasteiger partial charge in [-0.15, -0.1) is 0 Å². The van der Waals surface area contributed by atoms with Crippen molar-refractivity contribution < 1.29 is 27.1 Å². The molecule has 0 aromatic heterocycles. The first-order valence-corrected chi connectivity index (χ1v) is 14.5. The molecule has 0 amide bonds. The van der Waals surface area contributed by atoms with Gasteiger partial charge in [0.05, 0.1) is 29.3 Å². The third-order valence-corrected chi connectivity index (χ3v) is 8.76. The first kappa shape index (κ1) is 28.6. The van der Waals surface area contributed by atoms with E-state index in [0.29, 0.717) is 22.6 Å². The summed E-state index contributed by atoms with van der Waals surface area (Å²) in [4.78, 5) is 11.9. The molecule has 1 aliphatic rings. The Kier molecular flexibility index (Phi) is 8.67. The lowest BCUT2D eigenvalue weighted by Crippen LogP contribution is -2.43. The van der Waals surface area contributed by atoms with Crippen LogP contribution in [0, 0.1) is 5.82 Å². The van der Waals surface area contributed by atoms with E-state index >= 15 is 0 Å². The van der Waals surface area contributed by atoms with E-state index < -0.39 is 27.9 Å². The second-order valence-electron chi connectivity index (χ2n) is 9.77. The van der Waals surface area contributed by atoms with Gasteiger partial charge >= 0.3 is 5.97 Å². The number of carbonyl (C=O) groups is 1. The van der Waals surface area contributed by atoms with Crippen LogP contribution in [0.5, 0.6) is 5.75 Å². The van der Waals surface area contributed by atoms with Crippen LogP contribution in [-0.2, 0) is 19.6 Å². The van der Waals surface area contributed by atoms with Crippen molar-refractivity contribution in [2.75, 3.05) is 18.0 Å². The highest BCUT2D eigenvalue weighted by Gasteiger charge is 2.35. The van der Waals surface area contributed by atoms with Crippen molar-refractivity contribution in [2.45, 2.75) is 50.5 Å². The fourth-order valence-electron chi connectivity index (χ4n) is 4.54. The zero-order chi connectivity index (χ0) is 28.3. The maximum Gasteiger partial charge on any atom is 0.305 e. The zero-order valence-electron chi connectivity index (χ0n) is 22.3. The summed E-state index contributed by atoms with van der Waals surface area (Å²) < 4.78 is 54.7. The molecule has 0 spiro atoms. The molecule has 0 saturated carbocycles. The second kappa shape index (κ2) is 11.8. The van der Waals surface area contributed by atoms with Gasteiger partial charge in [0.1, 0.15) is 17.7 Å². The molecule has 0 fully saturated rings. The lowest BCUT2D eigenvalue weighted by atomic mass is 10.0. The van der Waals surface area contributed by atoms with Gasteiger partial charge in [0.15, 0.2) is 0 Å². The zero-order valence-corrected chi connectivity index (χ0v) is 23.9. The normalized spacial score (nSPS) is 15.6. The molecule has 1 heterocycles. The van der Waals surface area contributed by atoms with E-state index in [-0.39, 0.29) is 40.8 Å². The topological polar surface area (TPSA) is 72.9 Å². The predicted octanol–water partition coefficient (Wildman–Crippen LogP) is 7.07. The SMILES string of the molecule is COC(=O)CCC1CN(S(=O)(=O)c2cccc(C(C)C)c2)c2cc(C=C(C)c3c(F)cccc3Cl)ccc2O1. The summed E-state index contributed by atoms with van der Waals surface area (Å²) in [6, 6.07) is 16.6. The largest absolute Gasteiger partial charge is 0.486 e. The minimum absolute atomic E-state index is 0.0174. The van der Waals surface area contributed by atoms with Crippen LogP contribution >= 0.6 is 11.6 Å². The molecule has 0 N–H and O–H groups in total. The van der Waals surface area contributed by atoms with E-state index in [1.165, 1.54) is 17.5 Å². The van der Waals surface area contributed by atoms with Crippen molar-refractivity contribution >= 4 is 44.9 Å². The molecule has 0 aliphatic carbocycles. The highest BCUT2D eigenvalue weighted by Crippen LogP contribution is 2.40. The Balaban J connectivity index is 1.78. The van der Waals surface area contributed by atoms with Crippen molar-refractivity contribution in [2.24, 2.45) is 0 Å². The van der Waals surface area contributed by atoms with Crippen molar-refractivity contribution in [3.8, 4) is 5.75 Å². The van der Waals surface area contributed by atoms with Crippen LogP contribution < -0.4 is 9.04 Å². The molecular weight excluding hydrogens is 541 g/mol. The summed E-state index contributed by atoms with van der Waals surface area (Å²) in [5, 5.41) is 0.285. The molecule has 4 rings (SSSR count). The van der Waals surface area contributed by atoms with Gasteiger partial charge in [-0.1, -0.05) is 55.8 Å². The number of anilines is 1. The average molecular weight is 572 g/mol. The molecule has 0 saturated heterocycles. The smallest absolute Gasteiger partial charge is 0.305 e. The van der Waals surface area contributed by atoms with Gasteiger partial charge in [-0.3, -0.25) is 9.10 Å². The van der Waals surface area contributed by atoms with Gasteiger partial charge in [0.25, 0.3) is 10.0 Å². The quantitative estimate of drug-likeness (QED) is 0.213. The van der Waals surface area contributed by atoms with Crippen molar-refractivity contribution in [1.82, 2.24) is 0 Å². The Bertz CT molecular complexity index is 1500. The third kappa shape index (κ3) is 6.28. The van der Waals surface area contributed by atoms with Gasteiger partial charge in [-0.25, -0.2) is 12.8 Å². The van der Waals surface area contributed by atoms with Crippen molar-refractivity contribution in [3.05, 3.63) is 88.2 Å². The molecule has 0 bridgehead atoms. The van der Waals surface area contributed by atoms with E-state index in [1.54, 1.807) is 61.5 Å². The fraction of sp³-hybridized carbons (Fsp3) is 0.300. The van der Waals surface area contributed by atoms with Crippen LogP contribution in [0.3, 0.4) is 0 Å². The Labute approximate surface area is 234 Å². The number of allylic oxidation sites excluding steroid dienone is 1. The van der Waals surface area contributed by atoms with Crippen LogP contribution in [0.4, 0.5) is 10.1 Å². The number of benzene rings is 3. The van der Waals surface area contributed by atoms with Gasteiger partial charge in [0, 0.05) is 12.0 Å². The van der Waals surface area contributed by atoms with Crippen molar-refractivity contribution in [1.29, 1.82) is 0 Å². The summed E-state index contributed by atoms with van der Waals surface area (Å²) in [6.07, 6.45) is 1.57. The summed E-state index contributed by atoms with van der Waals surface area (Å²) in [7, 11) is -2.68. The molecule has 1 unspecified atom stereocenters. The molecule has 1 atom stereocenters. The predicted molar refractivity (Wildman–Crippen MR) is 152 cm³/mol. The molecule has 39 heavy (non-hydrogen) atoms. The summed E-state index contributed by atoms with van der Waals surface area (Å²) >= 11 is 6.25. The Morgan fingerprint density at radius 3 is 2.62 bits per heavy atom. The van der Waals surface area contributed by atoms with Gasteiger partial charge in [0.2, 0.25) is 0 Å². The highest BCUT2D eigenvalue weighted by molar-refractivity contribution is 7.92. The first-order chi connectivity index (χ1) is 18.5. The van der Waals surface area contributed by atoms with E-state index in [9.17, 15) is 17.6 Å².